The molecule has 0 aliphatic carbocycles. The van der Waals surface area contributed by atoms with Crippen molar-refractivity contribution in [3.8, 4) is 0 Å². The molecule has 2 heterocycles. The second kappa shape index (κ2) is 3.98. The summed E-state index contributed by atoms with van der Waals surface area (Å²) in [7, 11) is 2.21. The molecule has 1 aromatic carbocycles. The van der Waals surface area contributed by atoms with Gasteiger partial charge in [0.15, 0.2) is 0 Å². The fraction of sp³-hybridized carbons (Fsp3) is 0.571. The summed E-state index contributed by atoms with van der Waals surface area (Å²) in [5.74, 6) is -0.151. The molecule has 0 amide bonds. The molecular weight excluding hydrogens is 215 g/mol. The number of hydrogen-bond acceptors (Lipinski definition) is 2. The van der Waals surface area contributed by atoms with Crippen molar-refractivity contribution >= 4 is 5.69 Å². The SMILES string of the molecule is CN1CCCC2(C1)CN(c1ccc(F)cc1)C2. The minimum Gasteiger partial charge on any atom is -0.370 e. The predicted octanol–water partition coefficient (Wildman–Crippen LogP) is 2.36. The van der Waals surface area contributed by atoms with Crippen molar-refractivity contribution in [2.24, 2.45) is 5.41 Å². The normalized spacial score (nSPS) is 23.8. The highest BCUT2D eigenvalue weighted by Crippen LogP contribution is 2.40. The van der Waals surface area contributed by atoms with Gasteiger partial charge in [0.05, 0.1) is 0 Å². The summed E-state index contributed by atoms with van der Waals surface area (Å²) >= 11 is 0. The maximum absolute atomic E-state index is 12.8. The van der Waals surface area contributed by atoms with E-state index >= 15 is 0 Å². The summed E-state index contributed by atoms with van der Waals surface area (Å²) in [6.45, 7) is 4.70. The largest absolute Gasteiger partial charge is 0.370 e. The zero-order valence-corrected chi connectivity index (χ0v) is 10.3. The first-order valence-corrected chi connectivity index (χ1v) is 6.36. The summed E-state index contributed by atoms with van der Waals surface area (Å²) in [5, 5.41) is 0. The second-order valence-electron chi connectivity index (χ2n) is 5.67. The van der Waals surface area contributed by atoms with Crippen LogP contribution in [-0.4, -0.2) is 38.1 Å². The fourth-order valence-corrected chi connectivity index (χ4v) is 3.31. The summed E-state index contributed by atoms with van der Waals surface area (Å²) in [6.07, 6.45) is 2.66. The predicted molar refractivity (Wildman–Crippen MR) is 67.8 cm³/mol. The van der Waals surface area contributed by atoms with Crippen LogP contribution in [0.5, 0.6) is 0 Å². The number of halogens is 1. The molecule has 2 fully saturated rings. The first-order valence-electron chi connectivity index (χ1n) is 6.36. The number of benzene rings is 1. The van der Waals surface area contributed by atoms with Gasteiger partial charge >= 0.3 is 0 Å². The molecule has 0 saturated carbocycles. The molecule has 0 aromatic heterocycles. The maximum Gasteiger partial charge on any atom is 0.123 e. The Balaban J connectivity index is 1.65. The molecule has 1 aromatic rings. The van der Waals surface area contributed by atoms with E-state index in [2.05, 4.69) is 16.8 Å². The van der Waals surface area contributed by atoms with Crippen LogP contribution in [0.25, 0.3) is 0 Å². The Morgan fingerprint density at radius 2 is 1.82 bits per heavy atom. The van der Waals surface area contributed by atoms with Crippen molar-refractivity contribution in [2.45, 2.75) is 12.8 Å². The molecule has 0 bridgehead atoms. The van der Waals surface area contributed by atoms with E-state index in [9.17, 15) is 4.39 Å². The van der Waals surface area contributed by atoms with Gasteiger partial charge in [-0.1, -0.05) is 0 Å². The third-order valence-electron chi connectivity index (χ3n) is 4.10. The van der Waals surface area contributed by atoms with Crippen LogP contribution in [0.1, 0.15) is 12.8 Å². The van der Waals surface area contributed by atoms with E-state index in [1.807, 2.05) is 12.1 Å². The van der Waals surface area contributed by atoms with Gasteiger partial charge in [-0.15, -0.1) is 0 Å². The van der Waals surface area contributed by atoms with Crippen molar-refractivity contribution in [1.82, 2.24) is 4.90 Å². The molecule has 0 atom stereocenters. The van der Waals surface area contributed by atoms with E-state index in [4.69, 9.17) is 0 Å². The minimum absolute atomic E-state index is 0.151. The van der Waals surface area contributed by atoms with E-state index in [0.717, 1.165) is 18.8 Å². The van der Waals surface area contributed by atoms with Crippen molar-refractivity contribution < 1.29 is 4.39 Å². The van der Waals surface area contributed by atoms with Crippen molar-refractivity contribution in [3.05, 3.63) is 30.1 Å². The quantitative estimate of drug-likeness (QED) is 0.736. The van der Waals surface area contributed by atoms with E-state index in [-0.39, 0.29) is 5.82 Å². The number of hydrogen-bond donors (Lipinski definition) is 0. The molecule has 0 unspecified atom stereocenters. The number of rotatable bonds is 1. The second-order valence-corrected chi connectivity index (χ2v) is 5.67. The van der Waals surface area contributed by atoms with Crippen LogP contribution in [0.3, 0.4) is 0 Å². The van der Waals surface area contributed by atoms with Gasteiger partial charge in [0.1, 0.15) is 5.82 Å². The molecule has 2 saturated heterocycles. The van der Waals surface area contributed by atoms with Gasteiger partial charge < -0.3 is 9.80 Å². The Labute approximate surface area is 102 Å². The Morgan fingerprint density at radius 3 is 2.47 bits per heavy atom. The molecule has 3 rings (SSSR count). The van der Waals surface area contributed by atoms with E-state index in [1.54, 1.807) is 12.1 Å². The lowest BCUT2D eigenvalue weighted by Crippen LogP contribution is -2.62. The van der Waals surface area contributed by atoms with E-state index in [1.165, 1.54) is 25.9 Å². The number of nitrogens with zero attached hydrogens (tertiary/aromatic N) is 2. The van der Waals surface area contributed by atoms with Crippen LogP contribution >= 0.6 is 0 Å². The third-order valence-corrected chi connectivity index (χ3v) is 4.10. The zero-order chi connectivity index (χ0) is 11.9. The number of anilines is 1. The van der Waals surface area contributed by atoms with Gasteiger partial charge in [0.2, 0.25) is 0 Å². The molecule has 0 radical (unpaired) electrons. The Bertz CT molecular complexity index is 395. The van der Waals surface area contributed by atoms with Crippen LogP contribution in [0, 0.1) is 11.2 Å². The lowest BCUT2D eigenvalue weighted by Gasteiger charge is -2.55. The molecule has 17 heavy (non-hydrogen) atoms. The molecule has 2 aliphatic heterocycles. The average Bonchev–Trinajstić information content (AvgIpc) is 2.27. The molecule has 1 spiro atoms. The lowest BCUT2D eigenvalue weighted by atomic mass is 9.73. The standard InChI is InChI=1S/C14H19FN2/c1-16-8-2-7-14(9-16)10-17(11-14)13-5-3-12(15)4-6-13/h3-6H,2,7-11H2,1H3. The summed E-state index contributed by atoms with van der Waals surface area (Å²) in [4.78, 5) is 4.80. The highest BCUT2D eigenvalue weighted by Gasteiger charge is 2.44. The van der Waals surface area contributed by atoms with Crippen molar-refractivity contribution in [2.75, 3.05) is 38.1 Å². The first kappa shape index (κ1) is 11.0. The van der Waals surface area contributed by atoms with Crippen molar-refractivity contribution in [1.29, 1.82) is 0 Å². The Morgan fingerprint density at radius 1 is 1.12 bits per heavy atom. The molecule has 2 aliphatic rings. The van der Waals surface area contributed by atoms with Gasteiger partial charge in [-0.3, -0.25) is 0 Å². The highest BCUT2D eigenvalue weighted by atomic mass is 19.1. The van der Waals surface area contributed by atoms with Crippen LogP contribution in [0.4, 0.5) is 10.1 Å². The summed E-state index contributed by atoms with van der Waals surface area (Å²) < 4.78 is 12.8. The topological polar surface area (TPSA) is 6.48 Å². The van der Waals surface area contributed by atoms with E-state index < -0.39 is 0 Å². The van der Waals surface area contributed by atoms with Gasteiger partial charge in [-0.25, -0.2) is 4.39 Å². The smallest absolute Gasteiger partial charge is 0.123 e. The van der Waals surface area contributed by atoms with Gasteiger partial charge in [-0.2, -0.15) is 0 Å². The van der Waals surface area contributed by atoms with Gasteiger partial charge in [0.25, 0.3) is 0 Å². The molecule has 3 heteroatoms. The maximum atomic E-state index is 12.8. The minimum atomic E-state index is -0.151. The number of likely N-dealkylation sites (tertiary alicyclic amines) is 1. The first-order chi connectivity index (χ1) is 8.17. The number of piperidine rings is 1. The molecule has 92 valence electrons. The van der Waals surface area contributed by atoms with Crippen LogP contribution in [-0.2, 0) is 0 Å². The highest BCUT2D eigenvalue weighted by molar-refractivity contribution is 5.50. The molecule has 0 N–H and O–H groups in total. The Hall–Kier alpha value is -1.09. The lowest BCUT2D eigenvalue weighted by molar-refractivity contribution is 0.0784. The summed E-state index contributed by atoms with van der Waals surface area (Å²) in [5.41, 5.74) is 1.66. The third kappa shape index (κ3) is 2.04. The molecule has 2 nitrogen and oxygen atoms in total. The zero-order valence-electron chi connectivity index (χ0n) is 10.3. The monoisotopic (exact) mass is 234 g/mol. The van der Waals surface area contributed by atoms with Crippen LogP contribution in [0.2, 0.25) is 0 Å². The molecular formula is C14H19FN2. The average molecular weight is 234 g/mol. The summed E-state index contributed by atoms with van der Waals surface area (Å²) in [6, 6.07) is 6.87. The van der Waals surface area contributed by atoms with Crippen LogP contribution in [0.15, 0.2) is 24.3 Å². The fourth-order valence-electron chi connectivity index (χ4n) is 3.31. The van der Waals surface area contributed by atoms with Crippen molar-refractivity contribution in [3.63, 3.8) is 0 Å². The van der Waals surface area contributed by atoms with Gasteiger partial charge in [-0.05, 0) is 50.7 Å². The van der Waals surface area contributed by atoms with Crippen LogP contribution < -0.4 is 4.90 Å². The van der Waals surface area contributed by atoms with Gasteiger partial charge in [0, 0.05) is 30.7 Å². The van der Waals surface area contributed by atoms with E-state index in [0.29, 0.717) is 5.41 Å². The Kier molecular flexibility index (Phi) is 2.58.